The summed E-state index contributed by atoms with van der Waals surface area (Å²) < 4.78 is 15.7. The lowest BCUT2D eigenvalue weighted by Crippen LogP contribution is -2.32. The van der Waals surface area contributed by atoms with Crippen LogP contribution in [0.15, 0.2) is 79.0 Å². The van der Waals surface area contributed by atoms with Crippen LogP contribution in [0.4, 0.5) is 15.8 Å². The van der Waals surface area contributed by atoms with Crippen molar-refractivity contribution in [2.24, 2.45) is 0 Å². The van der Waals surface area contributed by atoms with E-state index in [1.165, 1.54) is 18.2 Å². The molecule has 0 atom stereocenters. The molecule has 3 aromatic carbocycles. The lowest BCUT2D eigenvalue weighted by atomic mass is 10.1. The summed E-state index contributed by atoms with van der Waals surface area (Å²) in [7, 11) is 0. The maximum atomic E-state index is 13.6. The minimum Gasteiger partial charge on any atom is -0.322 e. The largest absolute Gasteiger partial charge is 0.322 e. The molecule has 5 rings (SSSR count). The highest BCUT2D eigenvalue weighted by molar-refractivity contribution is 6.35. The van der Waals surface area contributed by atoms with Crippen LogP contribution < -0.4 is 10.2 Å². The number of rotatable bonds is 3. The summed E-state index contributed by atoms with van der Waals surface area (Å²) in [6, 6.07) is 20.6. The molecule has 0 saturated heterocycles. The van der Waals surface area contributed by atoms with Crippen molar-refractivity contribution >= 4 is 34.8 Å². The number of amides is 2. The van der Waals surface area contributed by atoms with Crippen LogP contribution in [0.25, 0.3) is 5.69 Å². The Morgan fingerprint density at radius 3 is 2.53 bits per heavy atom. The van der Waals surface area contributed by atoms with Crippen LogP contribution in [0.1, 0.15) is 32.0 Å². The van der Waals surface area contributed by atoms with E-state index in [0.29, 0.717) is 29.8 Å². The molecule has 1 N–H and O–H groups in total. The number of nitrogens with zero attached hydrogens (tertiary/aromatic N) is 2. The fourth-order valence-electron chi connectivity index (χ4n) is 4.26. The van der Waals surface area contributed by atoms with Crippen LogP contribution >= 0.6 is 11.6 Å². The summed E-state index contributed by atoms with van der Waals surface area (Å²) in [5, 5.41) is 2.95. The normalized spacial score (nSPS) is 12.5. The van der Waals surface area contributed by atoms with Crippen molar-refractivity contribution in [3.63, 3.8) is 0 Å². The zero-order valence-corrected chi connectivity index (χ0v) is 19.1. The number of para-hydroxylation sites is 2. The number of hydrogen-bond donors (Lipinski definition) is 1. The fourth-order valence-corrected chi connectivity index (χ4v) is 4.52. The Morgan fingerprint density at radius 1 is 0.941 bits per heavy atom. The van der Waals surface area contributed by atoms with Gasteiger partial charge in [-0.15, -0.1) is 0 Å². The molecule has 0 aliphatic carbocycles. The number of anilines is 2. The first kappa shape index (κ1) is 21.9. The Labute approximate surface area is 201 Å². The molecule has 2 amide bonds. The molecular weight excluding hydrogens is 453 g/mol. The van der Waals surface area contributed by atoms with Crippen LogP contribution in [-0.4, -0.2) is 22.9 Å². The first-order valence-electron chi connectivity index (χ1n) is 10.9. The molecule has 0 unspecified atom stereocenters. The number of hydrogen-bond acceptors (Lipinski definition) is 2. The maximum absolute atomic E-state index is 13.6. The number of carbonyl (C=O) groups is 2. The molecule has 0 radical (unpaired) electrons. The zero-order valence-electron chi connectivity index (χ0n) is 18.4. The molecular formula is C27H21ClFN3O2. The van der Waals surface area contributed by atoms with E-state index >= 15 is 0 Å². The van der Waals surface area contributed by atoms with Crippen molar-refractivity contribution < 1.29 is 14.0 Å². The van der Waals surface area contributed by atoms with Gasteiger partial charge in [-0.3, -0.25) is 9.59 Å². The Bertz CT molecular complexity index is 1430. The lowest BCUT2D eigenvalue weighted by molar-refractivity contribution is 0.0986. The van der Waals surface area contributed by atoms with Crippen molar-refractivity contribution in [3.8, 4) is 5.69 Å². The third kappa shape index (κ3) is 3.97. The summed E-state index contributed by atoms with van der Waals surface area (Å²) in [6.45, 7) is 2.24. The molecule has 0 bridgehead atoms. The second kappa shape index (κ2) is 8.80. The van der Waals surface area contributed by atoms with Gasteiger partial charge in [0.25, 0.3) is 11.8 Å². The van der Waals surface area contributed by atoms with E-state index in [1.54, 1.807) is 30.0 Å². The molecule has 1 aromatic heterocycles. The van der Waals surface area contributed by atoms with Gasteiger partial charge in [0, 0.05) is 36.1 Å². The summed E-state index contributed by atoms with van der Waals surface area (Å²) in [5.74, 6) is -1.16. The molecule has 0 spiro atoms. The van der Waals surface area contributed by atoms with E-state index in [4.69, 9.17) is 11.6 Å². The van der Waals surface area contributed by atoms with Gasteiger partial charge in [0.05, 0.1) is 22.0 Å². The molecule has 4 aromatic rings. The number of fused-ring (bicyclic) bond motifs is 3. The van der Waals surface area contributed by atoms with Gasteiger partial charge in [0.15, 0.2) is 0 Å². The van der Waals surface area contributed by atoms with Gasteiger partial charge in [-0.1, -0.05) is 29.8 Å². The molecule has 170 valence electrons. The van der Waals surface area contributed by atoms with E-state index in [1.807, 2.05) is 36.5 Å². The average molecular weight is 474 g/mol. The standard InChI is InChI=1S/C27H21ClFN3O2/c1-17-8-9-18(29)15-22(17)26(33)30-19-10-11-21(23(28)16-19)27(34)32-14-12-20-5-4-13-31(20)24-6-2-3-7-25(24)32/h2-11,13,15-16H,12,14H2,1H3,(H,30,33). The van der Waals surface area contributed by atoms with Crippen LogP contribution in [-0.2, 0) is 6.42 Å². The van der Waals surface area contributed by atoms with E-state index < -0.39 is 11.7 Å². The summed E-state index contributed by atoms with van der Waals surface area (Å²) in [4.78, 5) is 27.9. The number of carbonyl (C=O) groups excluding carboxylic acids is 2. The molecule has 0 fully saturated rings. The molecule has 0 saturated carbocycles. The Hall–Kier alpha value is -3.90. The van der Waals surface area contributed by atoms with Crippen LogP contribution in [0.3, 0.4) is 0 Å². The van der Waals surface area contributed by atoms with Crippen molar-refractivity contribution in [2.45, 2.75) is 13.3 Å². The van der Waals surface area contributed by atoms with Gasteiger partial charge < -0.3 is 14.8 Å². The second-order valence-electron chi connectivity index (χ2n) is 8.17. The molecule has 1 aliphatic rings. The van der Waals surface area contributed by atoms with Crippen molar-refractivity contribution in [1.82, 2.24) is 4.57 Å². The SMILES string of the molecule is Cc1ccc(F)cc1C(=O)Nc1ccc(C(=O)N2CCc3cccn3-c3ccccc32)c(Cl)c1. The summed E-state index contributed by atoms with van der Waals surface area (Å²) in [5.41, 5.74) is 4.50. The molecule has 2 heterocycles. The molecule has 1 aliphatic heterocycles. The van der Waals surface area contributed by atoms with Gasteiger partial charge >= 0.3 is 0 Å². The van der Waals surface area contributed by atoms with E-state index in [-0.39, 0.29) is 16.5 Å². The van der Waals surface area contributed by atoms with Crippen molar-refractivity contribution in [2.75, 3.05) is 16.8 Å². The number of aromatic nitrogens is 1. The summed E-state index contributed by atoms with van der Waals surface area (Å²) in [6.07, 6.45) is 2.69. The predicted octanol–water partition coefficient (Wildman–Crippen LogP) is 6.03. The predicted molar refractivity (Wildman–Crippen MR) is 132 cm³/mol. The van der Waals surface area contributed by atoms with Crippen molar-refractivity contribution in [1.29, 1.82) is 0 Å². The minimum absolute atomic E-state index is 0.220. The second-order valence-corrected chi connectivity index (χ2v) is 8.58. The van der Waals surface area contributed by atoms with Crippen LogP contribution in [0, 0.1) is 12.7 Å². The average Bonchev–Trinajstić information content (AvgIpc) is 3.23. The number of halogens is 2. The number of nitrogens with one attached hydrogen (secondary N) is 1. The first-order chi connectivity index (χ1) is 16.4. The highest BCUT2D eigenvalue weighted by atomic mass is 35.5. The Kier molecular flexibility index (Phi) is 5.67. The number of benzene rings is 3. The Morgan fingerprint density at radius 2 is 1.74 bits per heavy atom. The topological polar surface area (TPSA) is 54.3 Å². The fraction of sp³-hybridized carbons (Fsp3) is 0.111. The van der Waals surface area contributed by atoms with E-state index in [2.05, 4.69) is 16.0 Å². The van der Waals surface area contributed by atoms with Gasteiger partial charge in [-0.05, 0) is 67.1 Å². The van der Waals surface area contributed by atoms with E-state index in [0.717, 1.165) is 17.1 Å². The molecule has 7 heteroatoms. The highest BCUT2D eigenvalue weighted by Crippen LogP contribution is 2.32. The monoisotopic (exact) mass is 473 g/mol. The molecule has 34 heavy (non-hydrogen) atoms. The quantitative estimate of drug-likeness (QED) is 0.395. The van der Waals surface area contributed by atoms with Crippen LogP contribution in [0.2, 0.25) is 5.02 Å². The third-order valence-electron chi connectivity index (χ3n) is 6.00. The smallest absolute Gasteiger partial charge is 0.259 e. The summed E-state index contributed by atoms with van der Waals surface area (Å²) >= 11 is 6.50. The van der Waals surface area contributed by atoms with Gasteiger partial charge in [-0.25, -0.2) is 4.39 Å². The molecule has 5 nitrogen and oxygen atoms in total. The number of aryl methyl sites for hydroxylation is 1. The minimum atomic E-state index is -0.487. The van der Waals surface area contributed by atoms with Crippen molar-refractivity contribution in [3.05, 3.63) is 112 Å². The van der Waals surface area contributed by atoms with Gasteiger partial charge in [-0.2, -0.15) is 0 Å². The maximum Gasteiger partial charge on any atom is 0.259 e. The first-order valence-corrected chi connectivity index (χ1v) is 11.2. The van der Waals surface area contributed by atoms with Gasteiger partial charge in [0.2, 0.25) is 0 Å². The van der Waals surface area contributed by atoms with E-state index in [9.17, 15) is 14.0 Å². The third-order valence-corrected chi connectivity index (χ3v) is 6.32. The Balaban J connectivity index is 1.42. The lowest BCUT2D eigenvalue weighted by Gasteiger charge is -2.23. The zero-order chi connectivity index (χ0) is 23.8. The van der Waals surface area contributed by atoms with Crippen LogP contribution in [0.5, 0.6) is 0 Å². The van der Waals surface area contributed by atoms with Gasteiger partial charge in [0.1, 0.15) is 5.82 Å². The highest BCUT2D eigenvalue weighted by Gasteiger charge is 2.26.